The van der Waals surface area contributed by atoms with E-state index < -0.39 is 29.4 Å². The van der Waals surface area contributed by atoms with Crippen LogP contribution in [0.2, 0.25) is 0 Å². The first-order valence-corrected chi connectivity index (χ1v) is 10.2. The average Bonchev–Trinajstić information content (AvgIpc) is 3.33. The van der Waals surface area contributed by atoms with Crippen LogP contribution in [-0.2, 0) is 31.3 Å². The van der Waals surface area contributed by atoms with Crippen molar-refractivity contribution in [3.05, 3.63) is 60.0 Å². The van der Waals surface area contributed by atoms with Gasteiger partial charge in [-0.2, -0.15) is 5.10 Å². The number of aromatic nitrogens is 3. The molecule has 9 heteroatoms. The molecule has 1 aromatic carbocycles. The van der Waals surface area contributed by atoms with Crippen LogP contribution in [0.15, 0.2) is 48.8 Å². The van der Waals surface area contributed by atoms with E-state index in [-0.39, 0.29) is 6.61 Å². The first-order valence-electron chi connectivity index (χ1n) is 10.2. The fourth-order valence-corrected chi connectivity index (χ4v) is 4.61. The van der Waals surface area contributed by atoms with E-state index in [9.17, 15) is 5.11 Å². The van der Waals surface area contributed by atoms with Gasteiger partial charge in [-0.1, -0.05) is 30.3 Å². The molecule has 4 atom stereocenters. The minimum Gasteiger partial charge on any atom is -0.382 e. The maximum Gasteiger partial charge on any atom is 0.243 e. The minimum absolute atomic E-state index is 0.220. The van der Waals surface area contributed by atoms with Crippen molar-refractivity contribution in [2.45, 2.75) is 56.8 Å². The molecule has 2 aromatic heterocycles. The van der Waals surface area contributed by atoms with E-state index in [0.29, 0.717) is 23.6 Å². The highest BCUT2D eigenvalue weighted by atomic mass is 16.8. The number of benzene rings is 1. The highest BCUT2D eigenvalue weighted by Gasteiger charge is 2.72. The zero-order valence-corrected chi connectivity index (χ0v) is 17.7. The molecule has 5 rings (SSSR count). The second-order valence-electron chi connectivity index (χ2n) is 8.61. The monoisotopic (exact) mass is 426 g/mol. The summed E-state index contributed by atoms with van der Waals surface area (Å²) < 4.78 is 26.0. The number of rotatable bonds is 5. The molecule has 0 radical (unpaired) electrons. The summed E-state index contributed by atoms with van der Waals surface area (Å²) in [5.74, 6) is -2.45. The molecular formula is C22H26N4O5. The van der Waals surface area contributed by atoms with Crippen molar-refractivity contribution < 1.29 is 24.1 Å². The van der Waals surface area contributed by atoms with Crippen LogP contribution in [0.1, 0.15) is 32.0 Å². The van der Waals surface area contributed by atoms with Gasteiger partial charge in [-0.05, 0) is 38.5 Å². The Kier molecular flexibility index (Phi) is 4.58. The number of anilines is 1. The van der Waals surface area contributed by atoms with E-state index >= 15 is 0 Å². The van der Waals surface area contributed by atoms with Crippen LogP contribution < -0.4 is 5.73 Å². The van der Waals surface area contributed by atoms with E-state index in [0.717, 1.165) is 5.56 Å². The maximum absolute atomic E-state index is 11.9. The predicted molar refractivity (Wildman–Crippen MR) is 111 cm³/mol. The van der Waals surface area contributed by atoms with Crippen LogP contribution in [0.25, 0.3) is 5.52 Å². The fourth-order valence-electron chi connectivity index (χ4n) is 4.61. The van der Waals surface area contributed by atoms with Crippen LogP contribution in [0.3, 0.4) is 0 Å². The predicted octanol–water partition coefficient (Wildman–Crippen LogP) is 1.98. The lowest BCUT2D eigenvalue weighted by Crippen LogP contribution is -2.52. The van der Waals surface area contributed by atoms with Gasteiger partial charge in [0.25, 0.3) is 0 Å². The third-order valence-electron chi connectivity index (χ3n) is 5.97. The van der Waals surface area contributed by atoms with Gasteiger partial charge in [0.1, 0.15) is 29.7 Å². The van der Waals surface area contributed by atoms with E-state index in [2.05, 4.69) is 10.1 Å². The third kappa shape index (κ3) is 3.12. The van der Waals surface area contributed by atoms with Crippen LogP contribution in [0, 0.1) is 0 Å². The number of aliphatic hydroxyl groups is 1. The number of nitrogen functional groups attached to an aromatic ring is 1. The Hall–Kier alpha value is -2.56. The van der Waals surface area contributed by atoms with Crippen molar-refractivity contribution in [1.82, 2.24) is 14.6 Å². The molecule has 164 valence electrons. The molecule has 2 fully saturated rings. The molecule has 3 N–H and O–H groups in total. The van der Waals surface area contributed by atoms with Gasteiger partial charge in [0.15, 0.2) is 17.2 Å². The number of nitrogens with zero attached hydrogens (tertiary/aromatic N) is 3. The topological polar surface area (TPSA) is 113 Å². The van der Waals surface area contributed by atoms with Crippen LogP contribution >= 0.6 is 0 Å². The van der Waals surface area contributed by atoms with Crippen LogP contribution in [-0.4, -0.2) is 49.9 Å². The highest BCUT2D eigenvalue weighted by Crippen LogP contribution is 2.55. The average molecular weight is 426 g/mol. The summed E-state index contributed by atoms with van der Waals surface area (Å²) in [6, 6.07) is 13.3. The molecule has 3 aromatic rings. The summed E-state index contributed by atoms with van der Waals surface area (Å²) in [6.45, 7) is 6.06. The van der Waals surface area contributed by atoms with Gasteiger partial charge in [0.2, 0.25) is 5.79 Å². The Bertz CT molecular complexity index is 1100. The summed E-state index contributed by atoms with van der Waals surface area (Å²) in [5, 5.41) is 16.1. The van der Waals surface area contributed by atoms with Gasteiger partial charge in [-0.15, -0.1) is 0 Å². The van der Waals surface area contributed by atoms with E-state index in [1.807, 2.05) is 44.2 Å². The first-order chi connectivity index (χ1) is 14.7. The largest absolute Gasteiger partial charge is 0.382 e. The molecule has 4 unspecified atom stereocenters. The number of nitrogens with two attached hydrogens (primary N) is 1. The summed E-state index contributed by atoms with van der Waals surface area (Å²) in [5.41, 5.74) is 6.77. The standard InChI is InChI=1S/C22H26N4O5/c1-20(2)30-18-16(12-28-11-14-7-5-4-6-8-14)29-22(27,21(18,3)31-20)17-10-9-15-19(23)24-13-25-26(15)17/h4-10,13,16,18,27H,11-12H2,1-3H3,(H2,23,24,25). The van der Waals surface area contributed by atoms with Crippen molar-refractivity contribution in [3.8, 4) is 0 Å². The molecule has 0 aliphatic carbocycles. The fraction of sp³-hybridized carbons (Fsp3) is 0.455. The van der Waals surface area contributed by atoms with Gasteiger partial charge in [0, 0.05) is 0 Å². The lowest BCUT2D eigenvalue weighted by molar-refractivity contribution is -0.312. The Labute approximate surface area is 179 Å². The van der Waals surface area contributed by atoms with Gasteiger partial charge in [-0.25, -0.2) is 9.50 Å². The SMILES string of the molecule is CC1(C)OC2C(COCc3ccccc3)OC(O)(c3ccc4c(N)ncnn34)C2(C)O1. The Morgan fingerprint density at radius 2 is 1.90 bits per heavy atom. The second kappa shape index (κ2) is 6.98. The quantitative estimate of drug-likeness (QED) is 0.637. The zero-order valence-electron chi connectivity index (χ0n) is 17.7. The van der Waals surface area contributed by atoms with Gasteiger partial charge >= 0.3 is 0 Å². The lowest BCUT2D eigenvalue weighted by atomic mass is 9.88. The highest BCUT2D eigenvalue weighted by molar-refractivity contribution is 5.65. The van der Waals surface area contributed by atoms with Crippen LogP contribution in [0.5, 0.6) is 0 Å². The Balaban J connectivity index is 1.48. The zero-order chi connectivity index (χ0) is 21.9. The molecule has 2 saturated heterocycles. The summed E-state index contributed by atoms with van der Waals surface area (Å²) in [4.78, 5) is 4.01. The van der Waals surface area contributed by atoms with Crippen molar-refractivity contribution >= 4 is 11.3 Å². The van der Waals surface area contributed by atoms with Gasteiger partial charge < -0.3 is 29.8 Å². The molecule has 9 nitrogen and oxygen atoms in total. The number of hydrogen-bond acceptors (Lipinski definition) is 8. The van der Waals surface area contributed by atoms with E-state index in [1.54, 1.807) is 19.1 Å². The summed E-state index contributed by atoms with van der Waals surface area (Å²) in [6.07, 6.45) is 0.207. The molecule has 4 heterocycles. The number of hydrogen-bond donors (Lipinski definition) is 2. The van der Waals surface area contributed by atoms with Crippen molar-refractivity contribution in [2.75, 3.05) is 12.3 Å². The normalized spacial score (nSPS) is 31.9. The van der Waals surface area contributed by atoms with Gasteiger partial charge in [-0.3, -0.25) is 0 Å². The Morgan fingerprint density at radius 1 is 1.13 bits per heavy atom. The first kappa shape index (κ1) is 20.3. The Morgan fingerprint density at radius 3 is 2.68 bits per heavy atom. The molecule has 0 saturated carbocycles. The molecule has 31 heavy (non-hydrogen) atoms. The maximum atomic E-state index is 11.9. The van der Waals surface area contributed by atoms with Gasteiger partial charge in [0.05, 0.1) is 13.2 Å². The number of ether oxygens (including phenoxy) is 4. The van der Waals surface area contributed by atoms with E-state index in [1.165, 1.54) is 10.8 Å². The molecule has 2 aliphatic rings. The molecule has 0 amide bonds. The molecule has 0 bridgehead atoms. The summed E-state index contributed by atoms with van der Waals surface area (Å²) in [7, 11) is 0. The van der Waals surface area contributed by atoms with Crippen molar-refractivity contribution in [1.29, 1.82) is 0 Å². The van der Waals surface area contributed by atoms with Crippen molar-refractivity contribution in [2.24, 2.45) is 0 Å². The molecular weight excluding hydrogens is 400 g/mol. The third-order valence-corrected chi connectivity index (χ3v) is 5.97. The minimum atomic E-state index is -1.85. The lowest BCUT2D eigenvalue weighted by Gasteiger charge is -2.36. The van der Waals surface area contributed by atoms with Crippen LogP contribution in [0.4, 0.5) is 5.82 Å². The van der Waals surface area contributed by atoms with E-state index in [4.69, 9.17) is 24.7 Å². The number of fused-ring (bicyclic) bond motifs is 2. The van der Waals surface area contributed by atoms with Crippen molar-refractivity contribution in [3.63, 3.8) is 0 Å². The second-order valence-corrected chi connectivity index (χ2v) is 8.61. The molecule has 2 aliphatic heterocycles. The summed E-state index contributed by atoms with van der Waals surface area (Å²) >= 11 is 0. The molecule has 0 spiro atoms. The smallest absolute Gasteiger partial charge is 0.243 e.